The largest absolute Gasteiger partial charge is 0.352 e. The number of amides is 2. The van der Waals surface area contributed by atoms with Crippen LogP contribution in [0.4, 0.5) is 5.69 Å². The van der Waals surface area contributed by atoms with Crippen molar-refractivity contribution in [3.63, 3.8) is 0 Å². The van der Waals surface area contributed by atoms with Gasteiger partial charge in [0.2, 0.25) is 0 Å². The summed E-state index contributed by atoms with van der Waals surface area (Å²) < 4.78 is 0. The maximum Gasteiger partial charge on any atom is 0.262 e. The van der Waals surface area contributed by atoms with Crippen LogP contribution in [0.3, 0.4) is 0 Å². The van der Waals surface area contributed by atoms with Crippen LogP contribution in [0.5, 0.6) is 0 Å². The Balaban J connectivity index is 1.51. The summed E-state index contributed by atoms with van der Waals surface area (Å²) in [5, 5.41) is 5.92. The zero-order valence-electron chi connectivity index (χ0n) is 18.3. The first kappa shape index (κ1) is 23.1. The normalized spacial score (nSPS) is 14.4. The fourth-order valence-corrected chi connectivity index (χ4v) is 4.35. The molecule has 6 heteroatoms. The number of anilines is 1. The molecule has 3 rings (SSSR count). The Morgan fingerprint density at radius 2 is 1.81 bits per heavy atom. The molecule has 0 aromatic heterocycles. The summed E-state index contributed by atoms with van der Waals surface area (Å²) in [6.07, 6.45) is 5.22. The minimum absolute atomic E-state index is 0.0606. The summed E-state index contributed by atoms with van der Waals surface area (Å²) in [5.74, 6) is -0.167. The lowest BCUT2D eigenvalue weighted by atomic mass is 10.1. The molecule has 2 amide bonds. The predicted octanol–water partition coefficient (Wildman–Crippen LogP) is 5.01. The number of thioether (sulfide) groups is 1. The van der Waals surface area contributed by atoms with E-state index in [1.165, 1.54) is 24.6 Å². The Kier molecular flexibility index (Phi) is 8.74. The van der Waals surface area contributed by atoms with Crippen molar-refractivity contribution in [1.29, 1.82) is 0 Å². The number of hydrogen-bond donors (Lipinski definition) is 2. The second-order valence-electron chi connectivity index (χ2n) is 7.58. The minimum Gasteiger partial charge on any atom is -0.352 e. The molecule has 0 fully saturated rings. The lowest BCUT2D eigenvalue weighted by Crippen LogP contribution is -2.30. The van der Waals surface area contributed by atoms with Gasteiger partial charge >= 0.3 is 0 Å². The number of fused-ring (bicyclic) bond motifs is 1. The van der Waals surface area contributed by atoms with Crippen molar-refractivity contribution in [2.75, 3.05) is 31.5 Å². The Morgan fingerprint density at radius 3 is 2.55 bits per heavy atom. The fraction of sp³-hybridized carbons (Fsp3) is 0.360. The molecule has 0 aliphatic carbocycles. The van der Waals surface area contributed by atoms with Gasteiger partial charge in [0.05, 0.1) is 10.6 Å². The Bertz CT molecular complexity index is 925. The highest BCUT2D eigenvalue weighted by Crippen LogP contribution is 2.38. The van der Waals surface area contributed by atoms with Gasteiger partial charge in [-0.25, -0.2) is 0 Å². The predicted molar refractivity (Wildman–Crippen MR) is 129 cm³/mol. The van der Waals surface area contributed by atoms with Gasteiger partial charge in [0.15, 0.2) is 0 Å². The monoisotopic (exact) mass is 437 g/mol. The average Bonchev–Trinajstić information content (AvgIpc) is 2.79. The van der Waals surface area contributed by atoms with E-state index in [-0.39, 0.29) is 11.8 Å². The van der Waals surface area contributed by atoms with Gasteiger partial charge < -0.3 is 15.5 Å². The number of benzene rings is 2. The summed E-state index contributed by atoms with van der Waals surface area (Å²) in [5.41, 5.74) is 2.36. The van der Waals surface area contributed by atoms with Gasteiger partial charge in [0, 0.05) is 17.0 Å². The highest BCUT2D eigenvalue weighted by Gasteiger charge is 2.20. The van der Waals surface area contributed by atoms with Crippen molar-refractivity contribution in [3.8, 4) is 0 Å². The molecular weight excluding hydrogens is 406 g/mol. The topological polar surface area (TPSA) is 61.4 Å². The Morgan fingerprint density at radius 1 is 1.06 bits per heavy atom. The lowest BCUT2D eigenvalue weighted by molar-refractivity contribution is -0.112. The summed E-state index contributed by atoms with van der Waals surface area (Å²) in [7, 11) is 0. The highest BCUT2D eigenvalue weighted by molar-refractivity contribution is 8.04. The van der Waals surface area contributed by atoms with Crippen molar-refractivity contribution in [2.45, 2.75) is 38.0 Å². The van der Waals surface area contributed by atoms with E-state index in [1.807, 2.05) is 42.5 Å². The van der Waals surface area contributed by atoms with E-state index in [4.69, 9.17) is 0 Å². The van der Waals surface area contributed by atoms with Gasteiger partial charge in [-0.1, -0.05) is 56.3 Å². The first-order valence-corrected chi connectivity index (χ1v) is 11.8. The number of rotatable bonds is 10. The van der Waals surface area contributed by atoms with Crippen molar-refractivity contribution in [1.82, 2.24) is 10.2 Å². The van der Waals surface area contributed by atoms with Gasteiger partial charge in [-0.2, -0.15) is 0 Å². The van der Waals surface area contributed by atoms with Gasteiger partial charge in [-0.3, -0.25) is 9.59 Å². The van der Waals surface area contributed by atoms with Gasteiger partial charge in [0.25, 0.3) is 11.8 Å². The Labute approximate surface area is 189 Å². The van der Waals surface area contributed by atoms with Crippen LogP contribution < -0.4 is 10.6 Å². The zero-order chi connectivity index (χ0) is 22.1. The van der Waals surface area contributed by atoms with E-state index in [0.29, 0.717) is 17.0 Å². The third-order valence-corrected chi connectivity index (χ3v) is 6.36. The molecule has 164 valence electrons. The first-order valence-electron chi connectivity index (χ1n) is 11.0. The molecule has 0 unspecified atom stereocenters. The summed E-state index contributed by atoms with van der Waals surface area (Å²) >= 11 is 1.46. The van der Waals surface area contributed by atoms with Gasteiger partial charge in [-0.05, 0) is 68.4 Å². The van der Waals surface area contributed by atoms with Crippen molar-refractivity contribution in [3.05, 3.63) is 64.6 Å². The van der Waals surface area contributed by atoms with Crippen molar-refractivity contribution >= 4 is 35.3 Å². The molecule has 2 aromatic carbocycles. The Hall–Kier alpha value is -2.57. The van der Waals surface area contributed by atoms with Crippen molar-refractivity contribution in [2.24, 2.45) is 0 Å². The van der Waals surface area contributed by atoms with Crippen LogP contribution in [0.2, 0.25) is 0 Å². The molecule has 1 heterocycles. The third-order valence-electron chi connectivity index (χ3n) is 5.26. The van der Waals surface area contributed by atoms with Crippen LogP contribution in [-0.2, 0) is 4.79 Å². The highest BCUT2D eigenvalue weighted by atomic mass is 32.2. The van der Waals surface area contributed by atoms with Crippen LogP contribution in [0, 0.1) is 0 Å². The second kappa shape index (κ2) is 11.7. The second-order valence-corrected chi connectivity index (χ2v) is 8.66. The standard InChI is InChI=1S/C25H31N3O2S/c1-3-5-16-28(4-2)17-8-15-26-24(29)20-13-11-19(12-14-20)18-23-25(30)27-21-9-6-7-10-22(21)31-23/h6-7,9-14,18H,3-5,8,15-17H2,1-2H3,(H,26,29)(H,27,30)/b23-18+. The fourth-order valence-electron chi connectivity index (χ4n) is 3.40. The number of carbonyl (C=O) groups excluding carboxylic acids is 2. The smallest absolute Gasteiger partial charge is 0.262 e. The molecule has 1 aliphatic rings. The SMILES string of the molecule is CCCCN(CC)CCCNC(=O)c1ccc(/C=C2/Sc3ccccc3NC2=O)cc1. The molecule has 5 nitrogen and oxygen atoms in total. The van der Waals surface area contributed by atoms with Gasteiger partial charge in [0.1, 0.15) is 0 Å². The quantitative estimate of drug-likeness (QED) is 0.405. The number of unbranched alkanes of at least 4 members (excludes halogenated alkanes) is 1. The average molecular weight is 438 g/mol. The molecule has 1 aliphatic heterocycles. The lowest BCUT2D eigenvalue weighted by Gasteiger charge is -2.19. The summed E-state index contributed by atoms with van der Waals surface area (Å²) in [6, 6.07) is 15.1. The van der Waals surface area contributed by atoms with Crippen LogP contribution in [0.1, 0.15) is 49.0 Å². The van der Waals surface area contributed by atoms with E-state index in [9.17, 15) is 9.59 Å². The molecule has 0 atom stereocenters. The molecule has 2 aromatic rings. The summed E-state index contributed by atoms with van der Waals surface area (Å²) in [4.78, 5) is 28.8. The van der Waals surface area contributed by atoms with Crippen LogP contribution in [0.25, 0.3) is 6.08 Å². The van der Waals surface area contributed by atoms with Gasteiger partial charge in [-0.15, -0.1) is 0 Å². The van der Waals surface area contributed by atoms with E-state index in [0.717, 1.165) is 42.2 Å². The maximum absolute atomic E-state index is 12.4. The first-order chi connectivity index (χ1) is 15.1. The maximum atomic E-state index is 12.4. The van der Waals surface area contributed by atoms with Crippen LogP contribution in [-0.4, -0.2) is 42.9 Å². The molecule has 2 N–H and O–H groups in total. The van der Waals surface area contributed by atoms with E-state index >= 15 is 0 Å². The summed E-state index contributed by atoms with van der Waals surface area (Å²) in [6.45, 7) is 8.24. The van der Waals surface area contributed by atoms with E-state index in [2.05, 4.69) is 29.4 Å². The minimum atomic E-state index is -0.106. The van der Waals surface area contributed by atoms with E-state index < -0.39 is 0 Å². The number of nitrogens with zero attached hydrogens (tertiary/aromatic N) is 1. The third kappa shape index (κ3) is 6.71. The zero-order valence-corrected chi connectivity index (χ0v) is 19.1. The number of carbonyl (C=O) groups is 2. The molecule has 0 radical (unpaired) electrons. The van der Waals surface area contributed by atoms with E-state index in [1.54, 1.807) is 12.1 Å². The number of nitrogens with one attached hydrogen (secondary N) is 2. The van der Waals surface area contributed by atoms with Crippen LogP contribution in [0.15, 0.2) is 58.3 Å². The molecular formula is C25H31N3O2S. The molecule has 0 spiro atoms. The number of para-hydroxylation sites is 1. The number of hydrogen-bond acceptors (Lipinski definition) is 4. The molecule has 0 saturated carbocycles. The molecule has 0 bridgehead atoms. The molecule has 31 heavy (non-hydrogen) atoms. The van der Waals surface area contributed by atoms with Crippen molar-refractivity contribution < 1.29 is 9.59 Å². The molecule has 0 saturated heterocycles. The van der Waals surface area contributed by atoms with Crippen LogP contribution >= 0.6 is 11.8 Å².